The summed E-state index contributed by atoms with van der Waals surface area (Å²) in [7, 11) is 1.62. The number of piperazine rings is 1. The van der Waals surface area contributed by atoms with Gasteiger partial charge in [0, 0.05) is 44.3 Å². The third-order valence-electron chi connectivity index (χ3n) is 6.40. The van der Waals surface area contributed by atoms with Crippen LogP contribution in [-0.2, 0) is 7.05 Å². The lowest BCUT2D eigenvalue weighted by molar-refractivity contribution is 0.0695. The van der Waals surface area contributed by atoms with E-state index in [1.54, 1.807) is 13.1 Å². The number of aromatic nitrogens is 2. The molecule has 10 heteroatoms. The van der Waals surface area contributed by atoms with Crippen molar-refractivity contribution < 1.29 is 24.1 Å². The Morgan fingerprint density at radius 2 is 2.03 bits per heavy atom. The van der Waals surface area contributed by atoms with E-state index in [0.717, 1.165) is 5.56 Å². The lowest BCUT2D eigenvalue weighted by Crippen LogP contribution is -2.46. The van der Waals surface area contributed by atoms with Gasteiger partial charge in [0.1, 0.15) is 29.4 Å². The van der Waals surface area contributed by atoms with Crippen LogP contribution in [0.5, 0.6) is 5.75 Å². The number of nitrogens with one attached hydrogen (secondary N) is 1. The molecule has 0 aliphatic carbocycles. The maximum Gasteiger partial charge on any atom is 0.341 e. The van der Waals surface area contributed by atoms with Crippen molar-refractivity contribution in [2.75, 3.05) is 37.7 Å². The molecule has 1 aliphatic rings. The van der Waals surface area contributed by atoms with Crippen molar-refractivity contribution in [3.05, 3.63) is 75.8 Å². The van der Waals surface area contributed by atoms with E-state index in [-0.39, 0.29) is 30.2 Å². The molecule has 1 fully saturated rings. The molecule has 0 spiro atoms. The van der Waals surface area contributed by atoms with Gasteiger partial charge in [-0.15, -0.1) is 0 Å². The third kappa shape index (κ3) is 4.36. The van der Waals surface area contributed by atoms with Crippen LogP contribution in [0, 0.1) is 5.82 Å². The SMILES string of the molecule is Cn1cc(C(=O)O)c(=O)c2cc3cc(F)c(N4CCNC(c5ccc(OCCO)cc5)C4)cc3nc21. The molecule has 186 valence electrons. The number of aryl methyl sites for hydroxylation is 1. The van der Waals surface area contributed by atoms with Crippen LogP contribution in [0.3, 0.4) is 0 Å². The number of carboxylic acid groups (broad SMARTS) is 1. The molecule has 0 amide bonds. The highest BCUT2D eigenvalue weighted by Gasteiger charge is 2.24. The smallest absolute Gasteiger partial charge is 0.341 e. The Kier molecular flexibility index (Phi) is 6.29. The first-order valence-electron chi connectivity index (χ1n) is 11.5. The number of rotatable bonds is 6. The average molecular weight is 493 g/mol. The van der Waals surface area contributed by atoms with Crippen molar-refractivity contribution in [1.82, 2.24) is 14.9 Å². The molecule has 3 N–H and O–H groups in total. The zero-order chi connectivity index (χ0) is 25.4. The van der Waals surface area contributed by atoms with Crippen molar-refractivity contribution >= 4 is 33.6 Å². The highest BCUT2D eigenvalue weighted by molar-refractivity contribution is 5.96. The Bertz CT molecular complexity index is 1520. The second-order valence-corrected chi connectivity index (χ2v) is 8.74. The summed E-state index contributed by atoms with van der Waals surface area (Å²) in [5.74, 6) is -1.09. The van der Waals surface area contributed by atoms with Crippen LogP contribution in [0.25, 0.3) is 21.9 Å². The van der Waals surface area contributed by atoms with Gasteiger partial charge in [0.2, 0.25) is 5.43 Å². The number of aliphatic hydroxyl groups excluding tert-OH is 1. The van der Waals surface area contributed by atoms with Crippen molar-refractivity contribution in [1.29, 1.82) is 0 Å². The summed E-state index contributed by atoms with van der Waals surface area (Å²) >= 11 is 0. The molecular formula is C26H25FN4O5. The monoisotopic (exact) mass is 492 g/mol. The number of aliphatic hydroxyl groups is 1. The summed E-state index contributed by atoms with van der Waals surface area (Å²) in [5, 5.41) is 22.2. The summed E-state index contributed by atoms with van der Waals surface area (Å²) < 4.78 is 22.2. The van der Waals surface area contributed by atoms with E-state index in [1.165, 1.54) is 22.9 Å². The number of fused-ring (bicyclic) bond motifs is 2. The fraction of sp³-hybridized carbons (Fsp3) is 0.269. The summed E-state index contributed by atoms with van der Waals surface area (Å²) in [5.41, 5.74) is 1.28. The fourth-order valence-electron chi connectivity index (χ4n) is 4.61. The van der Waals surface area contributed by atoms with E-state index in [4.69, 9.17) is 9.84 Å². The number of pyridine rings is 2. The van der Waals surface area contributed by atoms with E-state index < -0.39 is 17.2 Å². The number of anilines is 1. The molecule has 36 heavy (non-hydrogen) atoms. The summed E-state index contributed by atoms with van der Waals surface area (Å²) in [4.78, 5) is 30.6. The van der Waals surface area contributed by atoms with Gasteiger partial charge in [-0.2, -0.15) is 0 Å². The van der Waals surface area contributed by atoms with E-state index in [9.17, 15) is 14.7 Å². The molecule has 0 bridgehead atoms. The second-order valence-electron chi connectivity index (χ2n) is 8.74. The molecule has 0 radical (unpaired) electrons. The quantitative estimate of drug-likeness (QED) is 0.352. The Labute approximate surface area is 205 Å². The molecule has 1 atom stereocenters. The van der Waals surface area contributed by atoms with E-state index >= 15 is 4.39 Å². The van der Waals surface area contributed by atoms with Crippen LogP contribution in [-0.4, -0.2) is 58.6 Å². The van der Waals surface area contributed by atoms with Crippen LogP contribution in [0.1, 0.15) is 22.0 Å². The summed E-state index contributed by atoms with van der Waals surface area (Å²) in [6.45, 7) is 1.97. The van der Waals surface area contributed by atoms with Gasteiger partial charge in [0.25, 0.3) is 0 Å². The van der Waals surface area contributed by atoms with Crippen LogP contribution < -0.4 is 20.4 Å². The Hall–Kier alpha value is -4.02. The first-order chi connectivity index (χ1) is 17.4. The van der Waals surface area contributed by atoms with Crippen LogP contribution >= 0.6 is 0 Å². The number of carbonyl (C=O) groups is 1. The van der Waals surface area contributed by atoms with Gasteiger partial charge in [-0.1, -0.05) is 12.1 Å². The summed E-state index contributed by atoms with van der Waals surface area (Å²) in [6, 6.07) is 12.1. The highest BCUT2D eigenvalue weighted by atomic mass is 19.1. The molecule has 2 aromatic heterocycles. The highest BCUT2D eigenvalue weighted by Crippen LogP contribution is 2.30. The van der Waals surface area contributed by atoms with Crippen LogP contribution in [0.2, 0.25) is 0 Å². The minimum absolute atomic E-state index is 0.0273. The van der Waals surface area contributed by atoms with Crippen LogP contribution in [0.15, 0.2) is 53.5 Å². The standard InChI is InChI=1S/C26H25FN4O5/c1-30-13-19(26(34)35)24(33)18-10-16-11-20(27)23(12-21(16)29-25(18)30)31-7-6-28-22(14-31)15-2-4-17(5-3-15)36-9-8-32/h2-5,10-13,22,28,32H,6-9,14H2,1H3,(H,34,35). The number of hydrogen-bond donors (Lipinski definition) is 3. The number of aromatic carboxylic acids is 1. The van der Waals surface area contributed by atoms with E-state index in [2.05, 4.69) is 10.3 Å². The van der Waals surface area contributed by atoms with Gasteiger partial charge in [0.15, 0.2) is 0 Å². The predicted octanol–water partition coefficient (Wildman–Crippen LogP) is 2.45. The lowest BCUT2D eigenvalue weighted by atomic mass is 10.0. The number of carboxylic acids is 1. The first-order valence-corrected chi connectivity index (χ1v) is 11.5. The molecule has 2 aromatic carbocycles. The predicted molar refractivity (Wildman–Crippen MR) is 133 cm³/mol. The Balaban J connectivity index is 1.48. The normalized spacial score (nSPS) is 16.0. The van der Waals surface area contributed by atoms with Gasteiger partial charge in [-0.25, -0.2) is 14.2 Å². The maximum absolute atomic E-state index is 15.3. The molecule has 1 unspecified atom stereocenters. The minimum Gasteiger partial charge on any atom is -0.491 e. The van der Waals surface area contributed by atoms with Gasteiger partial charge < -0.3 is 29.7 Å². The number of halogens is 1. The molecular weight excluding hydrogens is 467 g/mol. The number of nitrogens with zero attached hydrogens (tertiary/aromatic N) is 3. The molecule has 9 nitrogen and oxygen atoms in total. The van der Waals surface area contributed by atoms with Crippen molar-refractivity contribution in [2.24, 2.45) is 7.05 Å². The zero-order valence-electron chi connectivity index (χ0n) is 19.6. The zero-order valence-corrected chi connectivity index (χ0v) is 19.6. The third-order valence-corrected chi connectivity index (χ3v) is 6.40. The number of benzene rings is 2. The minimum atomic E-state index is -1.32. The van der Waals surface area contributed by atoms with E-state index in [1.807, 2.05) is 29.2 Å². The van der Waals surface area contributed by atoms with Crippen LogP contribution in [0.4, 0.5) is 10.1 Å². The van der Waals surface area contributed by atoms with E-state index in [0.29, 0.717) is 47.6 Å². The number of ether oxygens (including phenoxy) is 1. The molecule has 5 rings (SSSR count). The second kappa shape index (κ2) is 9.56. The molecule has 3 heterocycles. The average Bonchev–Trinajstić information content (AvgIpc) is 2.88. The van der Waals surface area contributed by atoms with Gasteiger partial charge in [-0.3, -0.25) is 4.79 Å². The lowest BCUT2D eigenvalue weighted by Gasteiger charge is -2.35. The molecule has 1 aliphatic heterocycles. The Morgan fingerprint density at radius 3 is 2.75 bits per heavy atom. The van der Waals surface area contributed by atoms with Gasteiger partial charge in [0.05, 0.1) is 23.2 Å². The molecule has 4 aromatic rings. The topological polar surface area (TPSA) is 117 Å². The van der Waals surface area contributed by atoms with Gasteiger partial charge >= 0.3 is 5.97 Å². The molecule has 0 saturated carbocycles. The van der Waals surface area contributed by atoms with Crippen molar-refractivity contribution in [3.8, 4) is 5.75 Å². The largest absolute Gasteiger partial charge is 0.491 e. The molecule has 1 saturated heterocycles. The summed E-state index contributed by atoms with van der Waals surface area (Å²) in [6.07, 6.45) is 1.25. The van der Waals surface area contributed by atoms with Crippen molar-refractivity contribution in [2.45, 2.75) is 6.04 Å². The van der Waals surface area contributed by atoms with Crippen molar-refractivity contribution in [3.63, 3.8) is 0 Å². The maximum atomic E-state index is 15.3. The van der Waals surface area contributed by atoms with Gasteiger partial charge in [-0.05, 0) is 35.9 Å². The fourth-order valence-corrected chi connectivity index (χ4v) is 4.61. The first kappa shape index (κ1) is 23.7. The number of hydrogen-bond acceptors (Lipinski definition) is 7. The Morgan fingerprint density at radius 1 is 1.25 bits per heavy atom.